The van der Waals surface area contributed by atoms with Crippen molar-refractivity contribution in [3.63, 3.8) is 0 Å². The molecule has 1 nitrogen and oxygen atoms in total. The standard InChI is InChI=1S/C13H7Cl2F3O/c14-9-3-1-7(5-10(9)15)8-2-4-11(16)12(6-8)19-13(17)18/h1-6,13H. The zero-order valence-electron chi connectivity index (χ0n) is 9.34. The molecule has 2 rings (SSSR count). The predicted octanol–water partition coefficient (Wildman–Crippen LogP) is 5.40. The summed E-state index contributed by atoms with van der Waals surface area (Å²) in [5.74, 6) is -1.37. The minimum Gasteiger partial charge on any atom is -0.432 e. The van der Waals surface area contributed by atoms with Gasteiger partial charge in [-0.25, -0.2) is 4.39 Å². The van der Waals surface area contributed by atoms with E-state index < -0.39 is 18.2 Å². The highest BCUT2D eigenvalue weighted by molar-refractivity contribution is 6.42. The SMILES string of the molecule is Fc1ccc(-c2ccc(Cl)c(Cl)c2)cc1OC(F)F. The van der Waals surface area contributed by atoms with E-state index in [1.807, 2.05) is 0 Å². The summed E-state index contributed by atoms with van der Waals surface area (Å²) in [7, 11) is 0. The van der Waals surface area contributed by atoms with Gasteiger partial charge in [0.25, 0.3) is 0 Å². The maximum atomic E-state index is 13.3. The summed E-state index contributed by atoms with van der Waals surface area (Å²) in [6.07, 6.45) is 0. The molecule has 0 saturated heterocycles. The first-order valence-corrected chi connectivity index (χ1v) is 5.93. The number of benzene rings is 2. The minimum atomic E-state index is -3.08. The second kappa shape index (κ2) is 5.72. The van der Waals surface area contributed by atoms with Crippen molar-refractivity contribution >= 4 is 23.2 Å². The maximum Gasteiger partial charge on any atom is 0.387 e. The molecular formula is C13H7Cl2F3O. The van der Waals surface area contributed by atoms with Crippen molar-refractivity contribution in [3.8, 4) is 16.9 Å². The van der Waals surface area contributed by atoms with Crippen LogP contribution >= 0.6 is 23.2 Å². The molecule has 0 unspecified atom stereocenters. The highest BCUT2D eigenvalue weighted by Gasteiger charge is 2.11. The topological polar surface area (TPSA) is 9.23 Å². The summed E-state index contributed by atoms with van der Waals surface area (Å²) in [4.78, 5) is 0. The Balaban J connectivity index is 2.42. The van der Waals surface area contributed by atoms with Crippen molar-refractivity contribution in [2.45, 2.75) is 6.61 Å². The molecule has 0 atom stereocenters. The van der Waals surface area contributed by atoms with Gasteiger partial charge in [0, 0.05) is 0 Å². The van der Waals surface area contributed by atoms with Crippen LogP contribution in [0.3, 0.4) is 0 Å². The van der Waals surface area contributed by atoms with E-state index in [0.717, 1.165) is 6.07 Å². The number of hydrogen-bond acceptors (Lipinski definition) is 1. The zero-order valence-corrected chi connectivity index (χ0v) is 10.9. The molecule has 0 spiro atoms. The number of ether oxygens (including phenoxy) is 1. The number of rotatable bonds is 3. The summed E-state index contributed by atoms with van der Waals surface area (Å²) in [6, 6.07) is 8.44. The molecule has 0 aliphatic carbocycles. The van der Waals surface area contributed by atoms with Gasteiger partial charge < -0.3 is 4.74 Å². The summed E-state index contributed by atoms with van der Waals surface area (Å²) >= 11 is 11.6. The molecule has 0 bridgehead atoms. The minimum absolute atomic E-state index is 0.319. The molecule has 2 aromatic carbocycles. The van der Waals surface area contributed by atoms with Crippen LogP contribution in [0.25, 0.3) is 11.1 Å². The fourth-order valence-corrected chi connectivity index (χ4v) is 1.84. The molecule has 0 aromatic heterocycles. The van der Waals surface area contributed by atoms with E-state index in [0.29, 0.717) is 21.2 Å². The van der Waals surface area contributed by atoms with E-state index in [1.54, 1.807) is 18.2 Å². The van der Waals surface area contributed by atoms with Gasteiger partial charge in [-0.3, -0.25) is 0 Å². The number of hydrogen-bond donors (Lipinski definition) is 0. The second-order valence-electron chi connectivity index (χ2n) is 3.65. The first kappa shape index (κ1) is 14.0. The van der Waals surface area contributed by atoms with Crippen LogP contribution in [0.2, 0.25) is 10.0 Å². The first-order valence-electron chi connectivity index (χ1n) is 5.17. The summed E-state index contributed by atoms with van der Waals surface area (Å²) in [6.45, 7) is -3.08. The van der Waals surface area contributed by atoms with E-state index in [2.05, 4.69) is 4.74 Å². The van der Waals surface area contributed by atoms with Gasteiger partial charge in [0.2, 0.25) is 0 Å². The second-order valence-corrected chi connectivity index (χ2v) is 4.47. The number of halogens is 5. The van der Waals surface area contributed by atoms with Crippen molar-refractivity contribution in [2.75, 3.05) is 0 Å². The summed E-state index contributed by atoms with van der Waals surface area (Å²) in [5, 5.41) is 0.691. The van der Waals surface area contributed by atoms with Crippen LogP contribution in [0.4, 0.5) is 13.2 Å². The molecule has 0 amide bonds. The van der Waals surface area contributed by atoms with E-state index in [4.69, 9.17) is 23.2 Å². The Bertz CT molecular complexity index is 602. The lowest BCUT2D eigenvalue weighted by molar-refractivity contribution is -0.0521. The van der Waals surface area contributed by atoms with Crippen LogP contribution in [0.15, 0.2) is 36.4 Å². The summed E-state index contributed by atoms with van der Waals surface area (Å²) in [5.41, 5.74) is 1.11. The third-order valence-corrected chi connectivity index (χ3v) is 3.14. The third-order valence-electron chi connectivity index (χ3n) is 2.40. The van der Waals surface area contributed by atoms with Gasteiger partial charge in [-0.05, 0) is 35.4 Å². The molecule has 0 aliphatic rings. The summed E-state index contributed by atoms with van der Waals surface area (Å²) < 4.78 is 41.6. The normalized spacial score (nSPS) is 10.8. The highest BCUT2D eigenvalue weighted by Crippen LogP contribution is 2.31. The van der Waals surface area contributed by atoms with Gasteiger partial charge in [0.1, 0.15) is 0 Å². The lowest BCUT2D eigenvalue weighted by Gasteiger charge is -2.09. The molecule has 6 heteroatoms. The van der Waals surface area contributed by atoms with Crippen molar-refractivity contribution < 1.29 is 17.9 Å². The van der Waals surface area contributed by atoms with Crippen molar-refractivity contribution in [1.82, 2.24) is 0 Å². The first-order chi connectivity index (χ1) is 8.97. The molecule has 0 radical (unpaired) electrons. The zero-order chi connectivity index (χ0) is 14.0. The van der Waals surface area contributed by atoms with E-state index in [9.17, 15) is 13.2 Å². The number of alkyl halides is 2. The Morgan fingerprint density at radius 1 is 0.895 bits per heavy atom. The molecule has 0 saturated carbocycles. The Morgan fingerprint density at radius 2 is 1.53 bits per heavy atom. The Kier molecular flexibility index (Phi) is 4.22. The quantitative estimate of drug-likeness (QED) is 0.737. The largest absolute Gasteiger partial charge is 0.432 e. The van der Waals surface area contributed by atoms with Crippen molar-refractivity contribution in [3.05, 3.63) is 52.3 Å². The highest BCUT2D eigenvalue weighted by atomic mass is 35.5. The lowest BCUT2D eigenvalue weighted by atomic mass is 10.1. The van der Waals surface area contributed by atoms with Gasteiger partial charge in [-0.1, -0.05) is 35.3 Å². The van der Waals surface area contributed by atoms with Gasteiger partial charge in [0.15, 0.2) is 11.6 Å². The smallest absolute Gasteiger partial charge is 0.387 e. The van der Waals surface area contributed by atoms with Gasteiger partial charge in [-0.15, -0.1) is 0 Å². The fraction of sp³-hybridized carbons (Fsp3) is 0.0769. The fourth-order valence-electron chi connectivity index (χ4n) is 1.54. The maximum absolute atomic E-state index is 13.3. The average molecular weight is 307 g/mol. The molecule has 0 fully saturated rings. The Hall–Kier alpha value is -1.39. The van der Waals surface area contributed by atoms with E-state index in [-0.39, 0.29) is 0 Å². The van der Waals surface area contributed by atoms with E-state index >= 15 is 0 Å². The van der Waals surface area contributed by atoms with Crippen LogP contribution in [-0.4, -0.2) is 6.61 Å². The van der Waals surface area contributed by atoms with Gasteiger partial charge >= 0.3 is 6.61 Å². The Morgan fingerprint density at radius 3 is 2.16 bits per heavy atom. The molecule has 0 N–H and O–H groups in total. The van der Waals surface area contributed by atoms with Crippen LogP contribution < -0.4 is 4.74 Å². The molecule has 19 heavy (non-hydrogen) atoms. The molecule has 0 aliphatic heterocycles. The predicted molar refractivity (Wildman–Crippen MR) is 68.5 cm³/mol. The van der Waals surface area contributed by atoms with Crippen LogP contribution in [0, 0.1) is 5.82 Å². The van der Waals surface area contributed by atoms with Gasteiger partial charge in [-0.2, -0.15) is 8.78 Å². The van der Waals surface area contributed by atoms with Crippen LogP contribution in [-0.2, 0) is 0 Å². The molecule has 2 aromatic rings. The Labute approximate surface area is 117 Å². The van der Waals surface area contributed by atoms with Crippen LogP contribution in [0.1, 0.15) is 0 Å². The van der Waals surface area contributed by atoms with Crippen molar-refractivity contribution in [1.29, 1.82) is 0 Å². The molecule has 100 valence electrons. The van der Waals surface area contributed by atoms with Crippen molar-refractivity contribution in [2.24, 2.45) is 0 Å². The third kappa shape index (κ3) is 3.33. The monoisotopic (exact) mass is 306 g/mol. The van der Waals surface area contributed by atoms with Crippen LogP contribution in [0.5, 0.6) is 5.75 Å². The average Bonchev–Trinajstić information content (AvgIpc) is 2.35. The van der Waals surface area contributed by atoms with E-state index in [1.165, 1.54) is 12.1 Å². The molecular weight excluding hydrogens is 300 g/mol. The van der Waals surface area contributed by atoms with Gasteiger partial charge in [0.05, 0.1) is 10.0 Å². The lowest BCUT2D eigenvalue weighted by Crippen LogP contribution is -2.03. The molecule has 0 heterocycles.